The fourth-order valence-corrected chi connectivity index (χ4v) is 2.47. The topological polar surface area (TPSA) is 15.3 Å². The van der Waals surface area contributed by atoms with Crippen LogP contribution >= 0.6 is 0 Å². The molecule has 1 saturated heterocycles. The highest BCUT2D eigenvalue weighted by Gasteiger charge is 2.35. The molecule has 2 rings (SSSR count). The summed E-state index contributed by atoms with van der Waals surface area (Å²) < 4.78 is 0. The fraction of sp³-hybridized carbons (Fsp3) is 1.00. The number of likely N-dealkylation sites (tertiary alicyclic amines) is 1. The van der Waals surface area contributed by atoms with Crippen LogP contribution in [0.4, 0.5) is 0 Å². The summed E-state index contributed by atoms with van der Waals surface area (Å²) in [5.41, 5.74) is 0. The molecule has 0 radical (unpaired) electrons. The Balaban J connectivity index is 1.85. The maximum atomic E-state index is 3.75. The molecule has 13 heavy (non-hydrogen) atoms. The molecule has 1 heterocycles. The van der Waals surface area contributed by atoms with Gasteiger partial charge in [-0.2, -0.15) is 0 Å². The van der Waals surface area contributed by atoms with Crippen LogP contribution in [0.1, 0.15) is 40.0 Å². The van der Waals surface area contributed by atoms with E-state index in [9.17, 15) is 0 Å². The Morgan fingerprint density at radius 2 is 1.92 bits per heavy atom. The molecule has 2 fully saturated rings. The average Bonchev–Trinajstić information content (AvgIpc) is 2.78. The summed E-state index contributed by atoms with van der Waals surface area (Å²) in [5, 5.41) is 3.75. The molecule has 0 aromatic carbocycles. The van der Waals surface area contributed by atoms with E-state index >= 15 is 0 Å². The van der Waals surface area contributed by atoms with Crippen molar-refractivity contribution in [3.05, 3.63) is 0 Å². The first-order chi connectivity index (χ1) is 6.18. The molecule has 2 unspecified atom stereocenters. The first kappa shape index (κ1) is 9.47. The molecule has 0 spiro atoms. The Labute approximate surface area is 81.7 Å². The van der Waals surface area contributed by atoms with Crippen molar-refractivity contribution in [1.82, 2.24) is 10.2 Å². The number of nitrogens with one attached hydrogen (secondary N) is 1. The van der Waals surface area contributed by atoms with E-state index in [2.05, 4.69) is 31.0 Å². The fourth-order valence-electron chi connectivity index (χ4n) is 2.47. The first-order valence-corrected chi connectivity index (χ1v) is 5.70. The smallest absolute Gasteiger partial charge is 0.0235 e. The Morgan fingerprint density at radius 1 is 1.23 bits per heavy atom. The summed E-state index contributed by atoms with van der Waals surface area (Å²) >= 11 is 0. The zero-order chi connectivity index (χ0) is 9.42. The molecular weight excluding hydrogens is 160 g/mol. The highest BCUT2D eigenvalue weighted by Crippen LogP contribution is 2.25. The lowest BCUT2D eigenvalue weighted by Gasteiger charge is -2.28. The normalized spacial score (nSPS) is 36.0. The third kappa shape index (κ3) is 2.05. The van der Waals surface area contributed by atoms with Gasteiger partial charge in [0, 0.05) is 30.7 Å². The second kappa shape index (κ2) is 3.58. The number of hydrogen-bond acceptors (Lipinski definition) is 2. The van der Waals surface area contributed by atoms with Crippen molar-refractivity contribution < 1.29 is 0 Å². The summed E-state index contributed by atoms with van der Waals surface area (Å²) in [5.74, 6) is 0. The Bertz CT molecular complexity index is 175. The van der Waals surface area contributed by atoms with E-state index in [0.717, 1.165) is 18.1 Å². The van der Waals surface area contributed by atoms with E-state index in [4.69, 9.17) is 0 Å². The average molecular weight is 182 g/mol. The molecule has 1 aliphatic heterocycles. The van der Waals surface area contributed by atoms with E-state index in [0.29, 0.717) is 6.04 Å². The summed E-state index contributed by atoms with van der Waals surface area (Å²) in [6, 6.07) is 3.07. The molecular formula is C11H22N2. The van der Waals surface area contributed by atoms with Gasteiger partial charge in [-0.25, -0.2) is 0 Å². The Kier molecular flexibility index (Phi) is 2.61. The third-order valence-corrected chi connectivity index (χ3v) is 3.49. The van der Waals surface area contributed by atoms with Gasteiger partial charge in [0.15, 0.2) is 0 Å². The molecule has 0 aromatic rings. The predicted octanol–water partition coefficient (Wildman–Crippen LogP) is 1.61. The van der Waals surface area contributed by atoms with Crippen molar-refractivity contribution in [1.29, 1.82) is 0 Å². The van der Waals surface area contributed by atoms with Gasteiger partial charge in [0.05, 0.1) is 0 Å². The largest absolute Gasteiger partial charge is 0.310 e. The molecule has 2 heteroatoms. The standard InChI is InChI=1S/C11H22N2/c1-8(2)13-7-6-11(9(13)3)12-10-4-5-10/h8-12H,4-7H2,1-3H3. The number of hydrogen-bond donors (Lipinski definition) is 1. The summed E-state index contributed by atoms with van der Waals surface area (Å²) in [6.07, 6.45) is 4.16. The zero-order valence-electron chi connectivity index (χ0n) is 9.09. The minimum atomic E-state index is 0.709. The van der Waals surface area contributed by atoms with E-state index in [1.807, 2.05) is 0 Å². The van der Waals surface area contributed by atoms with Gasteiger partial charge in [0.25, 0.3) is 0 Å². The first-order valence-electron chi connectivity index (χ1n) is 5.70. The molecule has 76 valence electrons. The highest BCUT2D eigenvalue weighted by atomic mass is 15.2. The van der Waals surface area contributed by atoms with Crippen LogP contribution < -0.4 is 5.32 Å². The van der Waals surface area contributed by atoms with Crippen LogP contribution in [0, 0.1) is 0 Å². The predicted molar refractivity (Wildman–Crippen MR) is 55.9 cm³/mol. The summed E-state index contributed by atoms with van der Waals surface area (Å²) in [7, 11) is 0. The molecule has 1 aliphatic carbocycles. The van der Waals surface area contributed by atoms with Crippen LogP contribution in [-0.4, -0.2) is 35.6 Å². The Hall–Kier alpha value is -0.0800. The van der Waals surface area contributed by atoms with Crippen LogP contribution in [0.3, 0.4) is 0 Å². The van der Waals surface area contributed by atoms with Gasteiger partial charge in [-0.1, -0.05) is 0 Å². The van der Waals surface area contributed by atoms with E-state index in [1.165, 1.54) is 25.8 Å². The van der Waals surface area contributed by atoms with Crippen LogP contribution in [0.2, 0.25) is 0 Å². The molecule has 0 amide bonds. The van der Waals surface area contributed by atoms with E-state index < -0.39 is 0 Å². The van der Waals surface area contributed by atoms with Gasteiger partial charge >= 0.3 is 0 Å². The van der Waals surface area contributed by atoms with Crippen molar-refractivity contribution in [3.8, 4) is 0 Å². The van der Waals surface area contributed by atoms with Crippen molar-refractivity contribution in [2.75, 3.05) is 6.54 Å². The maximum Gasteiger partial charge on any atom is 0.0235 e. The van der Waals surface area contributed by atoms with Gasteiger partial charge in [-0.15, -0.1) is 0 Å². The van der Waals surface area contributed by atoms with Crippen molar-refractivity contribution in [2.24, 2.45) is 0 Å². The molecule has 2 atom stereocenters. The van der Waals surface area contributed by atoms with Gasteiger partial charge < -0.3 is 5.32 Å². The van der Waals surface area contributed by atoms with Gasteiger partial charge in [-0.05, 0) is 40.0 Å². The monoisotopic (exact) mass is 182 g/mol. The zero-order valence-corrected chi connectivity index (χ0v) is 9.09. The second-order valence-electron chi connectivity index (χ2n) is 4.91. The van der Waals surface area contributed by atoms with Crippen LogP contribution in [0.5, 0.6) is 0 Å². The second-order valence-corrected chi connectivity index (χ2v) is 4.91. The number of nitrogens with zero attached hydrogens (tertiary/aromatic N) is 1. The van der Waals surface area contributed by atoms with Crippen LogP contribution in [0.15, 0.2) is 0 Å². The lowest BCUT2D eigenvalue weighted by molar-refractivity contribution is 0.202. The minimum absolute atomic E-state index is 0.709. The molecule has 1 N–H and O–H groups in total. The van der Waals surface area contributed by atoms with E-state index in [-0.39, 0.29) is 0 Å². The van der Waals surface area contributed by atoms with Gasteiger partial charge in [0.2, 0.25) is 0 Å². The van der Waals surface area contributed by atoms with Gasteiger partial charge in [0.1, 0.15) is 0 Å². The van der Waals surface area contributed by atoms with E-state index in [1.54, 1.807) is 0 Å². The minimum Gasteiger partial charge on any atom is -0.310 e. The summed E-state index contributed by atoms with van der Waals surface area (Å²) in [6.45, 7) is 8.25. The van der Waals surface area contributed by atoms with Gasteiger partial charge in [-0.3, -0.25) is 4.90 Å². The molecule has 0 aromatic heterocycles. The van der Waals surface area contributed by atoms with Crippen LogP contribution in [-0.2, 0) is 0 Å². The molecule has 1 saturated carbocycles. The summed E-state index contributed by atoms with van der Waals surface area (Å²) in [4.78, 5) is 2.61. The quantitative estimate of drug-likeness (QED) is 0.713. The Morgan fingerprint density at radius 3 is 2.38 bits per heavy atom. The highest BCUT2D eigenvalue weighted by molar-refractivity contribution is 4.95. The lowest BCUT2D eigenvalue weighted by Crippen LogP contribution is -2.43. The third-order valence-electron chi connectivity index (χ3n) is 3.49. The SMILES string of the molecule is CC(C)N1CCC(NC2CC2)C1C. The van der Waals surface area contributed by atoms with Crippen molar-refractivity contribution in [3.63, 3.8) is 0 Å². The maximum absolute atomic E-state index is 3.75. The van der Waals surface area contributed by atoms with Crippen molar-refractivity contribution >= 4 is 0 Å². The van der Waals surface area contributed by atoms with Crippen LogP contribution in [0.25, 0.3) is 0 Å². The number of rotatable bonds is 3. The molecule has 2 aliphatic rings. The lowest BCUT2D eigenvalue weighted by atomic mass is 10.1. The molecule has 2 nitrogen and oxygen atoms in total. The van der Waals surface area contributed by atoms with Crippen molar-refractivity contribution in [2.45, 2.75) is 64.2 Å². The molecule has 0 bridgehead atoms.